The number of amides is 1. The standard InChI is InChI=1S/C9H9Cl.C7H6N2O2S2/c10-9-5-4-7-2-1-3-8(7)6-9;8-6(11)5-1-3-4(10)2-9-13-7(3)12-5/h4-6H,1-3H2;1,9H,2H2,(H2,8,11). The maximum absolute atomic E-state index is 11.3. The smallest absolute Gasteiger partial charge is 0.258 e. The molecular formula is C16H15ClN2O2S2. The minimum Gasteiger partial charge on any atom is -0.365 e. The minimum absolute atomic E-state index is 0.0116. The lowest BCUT2D eigenvalue weighted by molar-refractivity contribution is 0.0993. The first-order valence-electron chi connectivity index (χ1n) is 7.18. The Morgan fingerprint density at radius 2 is 2.00 bits per heavy atom. The van der Waals surface area contributed by atoms with E-state index in [1.165, 1.54) is 53.7 Å². The van der Waals surface area contributed by atoms with Crippen LogP contribution in [0.25, 0.3) is 0 Å². The Balaban J connectivity index is 0.000000140. The average molecular weight is 367 g/mol. The van der Waals surface area contributed by atoms with Gasteiger partial charge in [-0.2, -0.15) is 0 Å². The van der Waals surface area contributed by atoms with Crippen LogP contribution in [-0.4, -0.2) is 18.2 Å². The van der Waals surface area contributed by atoms with Crippen molar-refractivity contribution in [3.05, 3.63) is 50.9 Å². The maximum atomic E-state index is 11.3. The summed E-state index contributed by atoms with van der Waals surface area (Å²) in [6.45, 7) is 0.312. The second-order valence-electron chi connectivity index (χ2n) is 5.29. The highest BCUT2D eigenvalue weighted by atomic mass is 35.5. The van der Waals surface area contributed by atoms with Crippen molar-refractivity contribution in [1.29, 1.82) is 0 Å². The van der Waals surface area contributed by atoms with E-state index >= 15 is 0 Å². The van der Waals surface area contributed by atoms with Crippen LogP contribution in [0.15, 0.2) is 28.5 Å². The van der Waals surface area contributed by atoms with E-state index in [-0.39, 0.29) is 5.78 Å². The number of carbonyl (C=O) groups is 2. The normalized spacial score (nSPS) is 15.4. The van der Waals surface area contributed by atoms with E-state index in [9.17, 15) is 9.59 Å². The molecule has 0 fully saturated rings. The molecule has 23 heavy (non-hydrogen) atoms. The SMILES string of the molecule is Clc1ccc2c(c1)CCC2.NC(=O)c1cc2c(s1)SNCC2=O. The zero-order valence-corrected chi connectivity index (χ0v) is 14.6. The van der Waals surface area contributed by atoms with Crippen molar-refractivity contribution in [2.24, 2.45) is 5.73 Å². The first-order valence-corrected chi connectivity index (χ1v) is 9.19. The van der Waals surface area contributed by atoms with E-state index in [2.05, 4.69) is 16.9 Å². The molecule has 0 saturated heterocycles. The van der Waals surface area contributed by atoms with Gasteiger partial charge in [-0.3, -0.25) is 14.3 Å². The van der Waals surface area contributed by atoms with Crippen molar-refractivity contribution in [1.82, 2.24) is 4.72 Å². The minimum atomic E-state index is -0.479. The van der Waals surface area contributed by atoms with Crippen molar-refractivity contribution in [3.63, 3.8) is 0 Å². The number of halogens is 1. The highest BCUT2D eigenvalue weighted by Gasteiger charge is 2.22. The van der Waals surface area contributed by atoms with Crippen LogP contribution in [0.3, 0.4) is 0 Å². The predicted molar refractivity (Wildman–Crippen MR) is 94.5 cm³/mol. The number of aryl methyl sites for hydroxylation is 2. The number of carbonyl (C=O) groups excluding carboxylic acids is 2. The summed E-state index contributed by atoms with van der Waals surface area (Å²) >= 11 is 8.45. The number of hydrogen-bond acceptors (Lipinski definition) is 5. The number of thiophene rings is 1. The zero-order valence-electron chi connectivity index (χ0n) is 12.2. The molecule has 0 saturated carbocycles. The first kappa shape index (κ1) is 16.5. The van der Waals surface area contributed by atoms with Gasteiger partial charge in [-0.15, -0.1) is 11.3 Å². The van der Waals surface area contributed by atoms with Gasteiger partial charge in [0.2, 0.25) is 0 Å². The number of nitrogens with two attached hydrogens (primary N) is 1. The lowest BCUT2D eigenvalue weighted by Crippen LogP contribution is -2.21. The van der Waals surface area contributed by atoms with Crippen LogP contribution in [0.4, 0.5) is 0 Å². The molecule has 0 bridgehead atoms. The van der Waals surface area contributed by atoms with Crippen LogP contribution < -0.4 is 10.5 Å². The molecule has 1 aromatic heterocycles. The van der Waals surface area contributed by atoms with Gasteiger partial charge in [0.05, 0.1) is 15.6 Å². The molecule has 0 spiro atoms. The molecule has 7 heteroatoms. The fourth-order valence-electron chi connectivity index (χ4n) is 2.57. The second kappa shape index (κ2) is 7.05. The van der Waals surface area contributed by atoms with Crippen LogP contribution >= 0.6 is 34.9 Å². The van der Waals surface area contributed by atoms with Gasteiger partial charge in [0.25, 0.3) is 5.91 Å². The molecule has 0 unspecified atom stereocenters. The summed E-state index contributed by atoms with van der Waals surface area (Å²) in [6.07, 6.45) is 3.76. The van der Waals surface area contributed by atoms with Crippen molar-refractivity contribution in [2.45, 2.75) is 23.5 Å². The highest BCUT2D eigenvalue weighted by molar-refractivity contribution is 7.99. The number of nitrogens with one attached hydrogen (secondary N) is 1. The predicted octanol–water partition coefficient (Wildman–Crippen LogP) is 3.47. The van der Waals surface area contributed by atoms with Crippen LogP contribution in [-0.2, 0) is 12.8 Å². The van der Waals surface area contributed by atoms with Gasteiger partial charge in [-0.1, -0.05) is 17.7 Å². The summed E-state index contributed by atoms with van der Waals surface area (Å²) in [5.74, 6) is -0.467. The molecule has 4 nitrogen and oxygen atoms in total. The summed E-state index contributed by atoms with van der Waals surface area (Å²) in [5.41, 5.74) is 8.66. The Morgan fingerprint density at radius 3 is 2.74 bits per heavy atom. The molecule has 1 aromatic carbocycles. The zero-order chi connectivity index (χ0) is 16.4. The Kier molecular flexibility index (Phi) is 5.06. The third kappa shape index (κ3) is 3.77. The van der Waals surface area contributed by atoms with Gasteiger partial charge in [-0.05, 0) is 60.5 Å². The molecule has 2 heterocycles. The van der Waals surface area contributed by atoms with Gasteiger partial charge in [-0.25, -0.2) is 0 Å². The molecule has 1 amide bonds. The quantitative estimate of drug-likeness (QED) is 0.758. The number of primary amides is 1. The molecule has 1 aliphatic carbocycles. The molecule has 1 aliphatic heterocycles. The summed E-state index contributed by atoms with van der Waals surface area (Å²) in [6, 6.07) is 7.78. The molecule has 0 radical (unpaired) electrons. The summed E-state index contributed by atoms with van der Waals surface area (Å²) in [5, 5.41) is 0.876. The summed E-state index contributed by atoms with van der Waals surface area (Å²) in [7, 11) is 0. The van der Waals surface area contributed by atoms with Gasteiger partial charge in [0, 0.05) is 10.6 Å². The van der Waals surface area contributed by atoms with Gasteiger partial charge >= 0.3 is 0 Å². The Bertz CT molecular complexity index is 773. The van der Waals surface area contributed by atoms with Crippen molar-refractivity contribution in [2.75, 3.05) is 6.54 Å². The lowest BCUT2D eigenvalue weighted by atomic mass is 10.1. The van der Waals surface area contributed by atoms with Crippen molar-refractivity contribution in [3.8, 4) is 0 Å². The molecule has 4 rings (SSSR count). The largest absolute Gasteiger partial charge is 0.365 e. The number of fused-ring (bicyclic) bond motifs is 2. The number of Topliss-reactive ketones (excluding diaryl/α,β-unsaturated/α-hetero) is 1. The van der Waals surface area contributed by atoms with Crippen LogP contribution in [0.2, 0.25) is 5.02 Å². The van der Waals surface area contributed by atoms with Gasteiger partial charge < -0.3 is 5.73 Å². The van der Waals surface area contributed by atoms with E-state index in [1.807, 2.05) is 6.07 Å². The van der Waals surface area contributed by atoms with Gasteiger partial charge in [0.15, 0.2) is 5.78 Å². The average Bonchev–Trinajstić information content (AvgIpc) is 3.14. The van der Waals surface area contributed by atoms with Crippen molar-refractivity contribution < 1.29 is 9.59 Å². The highest BCUT2D eigenvalue weighted by Crippen LogP contribution is 2.33. The Hall–Kier alpha value is -1.34. The fourth-order valence-corrected chi connectivity index (χ4v) is 4.75. The molecule has 3 N–H and O–H groups in total. The monoisotopic (exact) mass is 366 g/mol. The fraction of sp³-hybridized carbons (Fsp3) is 0.250. The molecule has 0 atom stereocenters. The summed E-state index contributed by atoms with van der Waals surface area (Å²) in [4.78, 5) is 22.6. The first-order chi connectivity index (χ1) is 11.0. The Labute approximate surface area is 147 Å². The topological polar surface area (TPSA) is 72.2 Å². The van der Waals surface area contributed by atoms with E-state index in [1.54, 1.807) is 6.07 Å². The summed E-state index contributed by atoms with van der Waals surface area (Å²) < 4.78 is 3.69. The molecule has 2 aliphatic rings. The molecule has 2 aromatic rings. The number of hydrogen-bond donors (Lipinski definition) is 2. The maximum Gasteiger partial charge on any atom is 0.258 e. The van der Waals surface area contributed by atoms with Gasteiger partial charge in [0.1, 0.15) is 0 Å². The third-order valence-electron chi connectivity index (χ3n) is 3.70. The Morgan fingerprint density at radius 1 is 1.22 bits per heavy atom. The molecule has 120 valence electrons. The lowest BCUT2D eigenvalue weighted by Gasteiger charge is -2.08. The number of benzene rings is 1. The third-order valence-corrected chi connectivity index (χ3v) is 6.07. The van der Waals surface area contributed by atoms with Crippen LogP contribution in [0.1, 0.15) is 37.6 Å². The van der Waals surface area contributed by atoms with E-state index in [4.69, 9.17) is 17.3 Å². The van der Waals surface area contributed by atoms with Crippen LogP contribution in [0.5, 0.6) is 0 Å². The number of ketones is 1. The van der Waals surface area contributed by atoms with E-state index in [0.717, 1.165) is 9.23 Å². The number of rotatable bonds is 1. The van der Waals surface area contributed by atoms with E-state index in [0.29, 0.717) is 17.0 Å². The van der Waals surface area contributed by atoms with Crippen LogP contribution in [0, 0.1) is 0 Å². The second-order valence-corrected chi connectivity index (χ2v) is 7.94. The van der Waals surface area contributed by atoms with Crippen molar-refractivity contribution >= 4 is 46.6 Å². The molecular weight excluding hydrogens is 352 g/mol. The van der Waals surface area contributed by atoms with E-state index < -0.39 is 5.91 Å².